The molecular formula is C15H14N4. The SMILES string of the molecule is Nc1cccc(-c2ccc(Cn3ccnc3)cn2)c1. The topological polar surface area (TPSA) is 56.7 Å². The number of benzene rings is 1. The third-order valence-electron chi connectivity index (χ3n) is 2.93. The molecule has 3 aromatic rings. The fourth-order valence-electron chi connectivity index (χ4n) is 1.98. The first-order valence-electron chi connectivity index (χ1n) is 6.08. The van der Waals surface area contributed by atoms with Crippen LogP contribution in [-0.4, -0.2) is 14.5 Å². The van der Waals surface area contributed by atoms with E-state index < -0.39 is 0 Å². The van der Waals surface area contributed by atoms with E-state index in [4.69, 9.17) is 5.73 Å². The Hall–Kier alpha value is -2.62. The normalized spacial score (nSPS) is 10.5. The number of anilines is 1. The number of nitrogen functional groups attached to an aromatic ring is 1. The molecule has 4 heteroatoms. The number of nitrogens with two attached hydrogens (primary N) is 1. The lowest BCUT2D eigenvalue weighted by atomic mass is 10.1. The van der Waals surface area contributed by atoms with Gasteiger partial charge < -0.3 is 10.3 Å². The highest BCUT2D eigenvalue weighted by Gasteiger charge is 2.00. The molecular weight excluding hydrogens is 236 g/mol. The summed E-state index contributed by atoms with van der Waals surface area (Å²) in [6.45, 7) is 0.782. The Balaban J connectivity index is 1.82. The molecule has 3 rings (SSSR count). The van der Waals surface area contributed by atoms with Crippen molar-refractivity contribution in [2.75, 3.05) is 5.73 Å². The van der Waals surface area contributed by atoms with Crippen LogP contribution < -0.4 is 5.73 Å². The van der Waals surface area contributed by atoms with Gasteiger partial charge in [0.2, 0.25) is 0 Å². The number of hydrogen-bond donors (Lipinski definition) is 1. The van der Waals surface area contributed by atoms with E-state index in [9.17, 15) is 0 Å². The summed E-state index contributed by atoms with van der Waals surface area (Å²) in [4.78, 5) is 8.50. The summed E-state index contributed by atoms with van der Waals surface area (Å²) in [6, 6.07) is 11.8. The third kappa shape index (κ3) is 2.63. The Morgan fingerprint density at radius 2 is 2.11 bits per heavy atom. The molecule has 1 aromatic carbocycles. The van der Waals surface area contributed by atoms with E-state index in [1.807, 2.05) is 47.3 Å². The highest BCUT2D eigenvalue weighted by molar-refractivity contribution is 5.63. The van der Waals surface area contributed by atoms with Crippen LogP contribution in [0.25, 0.3) is 11.3 Å². The number of nitrogens with zero attached hydrogens (tertiary/aromatic N) is 3. The minimum Gasteiger partial charge on any atom is -0.399 e. The largest absolute Gasteiger partial charge is 0.399 e. The van der Waals surface area contributed by atoms with Crippen LogP contribution in [0.3, 0.4) is 0 Å². The van der Waals surface area contributed by atoms with E-state index >= 15 is 0 Å². The fraction of sp³-hybridized carbons (Fsp3) is 0.0667. The summed E-state index contributed by atoms with van der Waals surface area (Å²) in [5, 5.41) is 0. The van der Waals surface area contributed by atoms with E-state index in [-0.39, 0.29) is 0 Å². The quantitative estimate of drug-likeness (QED) is 0.727. The van der Waals surface area contributed by atoms with Crippen molar-refractivity contribution in [2.45, 2.75) is 6.54 Å². The molecule has 94 valence electrons. The molecule has 2 aromatic heterocycles. The molecule has 0 amide bonds. The van der Waals surface area contributed by atoms with Gasteiger partial charge in [0.15, 0.2) is 0 Å². The summed E-state index contributed by atoms with van der Waals surface area (Å²) >= 11 is 0. The van der Waals surface area contributed by atoms with Crippen molar-refractivity contribution in [1.29, 1.82) is 0 Å². The van der Waals surface area contributed by atoms with Crippen LogP contribution in [0, 0.1) is 0 Å². The highest BCUT2D eigenvalue weighted by atomic mass is 15.0. The average molecular weight is 250 g/mol. The maximum absolute atomic E-state index is 5.78. The summed E-state index contributed by atoms with van der Waals surface area (Å²) in [5.41, 5.74) is 9.64. The van der Waals surface area contributed by atoms with Gasteiger partial charge in [-0.05, 0) is 23.8 Å². The first kappa shape index (κ1) is 11.5. The molecule has 2 N–H and O–H groups in total. The lowest BCUT2D eigenvalue weighted by Gasteiger charge is -2.05. The van der Waals surface area contributed by atoms with Crippen LogP contribution >= 0.6 is 0 Å². The molecule has 0 saturated heterocycles. The molecule has 0 spiro atoms. The smallest absolute Gasteiger partial charge is 0.0949 e. The van der Waals surface area contributed by atoms with Gasteiger partial charge in [-0.25, -0.2) is 4.98 Å². The van der Waals surface area contributed by atoms with Crippen LogP contribution in [0.15, 0.2) is 61.3 Å². The molecule has 2 heterocycles. The molecule has 0 bridgehead atoms. The Labute approximate surface area is 111 Å². The van der Waals surface area contributed by atoms with Gasteiger partial charge in [0.1, 0.15) is 0 Å². The molecule has 0 aliphatic rings. The molecule has 0 fully saturated rings. The zero-order chi connectivity index (χ0) is 13.1. The maximum Gasteiger partial charge on any atom is 0.0949 e. The number of hydrogen-bond acceptors (Lipinski definition) is 3. The summed E-state index contributed by atoms with van der Waals surface area (Å²) in [6.07, 6.45) is 7.39. The number of aromatic nitrogens is 3. The molecule has 0 atom stereocenters. The van der Waals surface area contributed by atoms with Crippen molar-refractivity contribution in [3.05, 3.63) is 66.9 Å². The second-order valence-corrected chi connectivity index (χ2v) is 4.41. The molecule has 0 aliphatic carbocycles. The molecule has 0 aliphatic heterocycles. The van der Waals surface area contributed by atoms with Gasteiger partial charge in [-0.2, -0.15) is 0 Å². The summed E-state index contributed by atoms with van der Waals surface area (Å²) < 4.78 is 2.01. The maximum atomic E-state index is 5.78. The number of rotatable bonds is 3. The Kier molecular flexibility index (Phi) is 2.98. The van der Waals surface area contributed by atoms with Crippen molar-refractivity contribution in [3.63, 3.8) is 0 Å². The van der Waals surface area contributed by atoms with Crippen molar-refractivity contribution in [3.8, 4) is 11.3 Å². The minimum absolute atomic E-state index is 0.752. The lowest BCUT2D eigenvalue weighted by Crippen LogP contribution is -1.97. The van der Waals surface area contributed by atoms with Crippen LogP contribution in [0.4, 0.5) is 5.69 Å². The summed E-state index contributed by atoms with van der Waals surface area (Å²) in [7, 11) is 0. The van der Waals surface area contributed by atoms with E-state index in [0.29, 0.717) is 0 Å². The van der Waals surface area contributed by atoms with Crippen molar-refractivity contribution >= 4 is 5.69 Å². The van der Waals surface area contributed by atoms with Crippen molar-refractivity contribution < 1.29 is 0 Å². The predicted molar refractivity (Wildman–Crippen MR) is 75.4 cm³/mol. The average Bonchev–Trinajstić information content (AvgIpc) is 2.92. The van der Waals surface area contributed by atoms with E-state index in [1.165, 1.54) is 0 Å². The standard InChI is InChI=1S/C15H14N4/c16-14-3-1-2-13(8-14)15-5-4-12(9-18-15)10-19-7-6-17-11-19/h1-9,11H,10,16H2. The van der Waals surface area contributed by atoms with Gasteiger partial charge in [-0.3, -0.25) is 4.98 Å². The van der Waals surface area contributed by atoms with Gasteiger partial charge >= 0.3 is 0 Å². The Bertz CT molecular complexity index is 657. The number of imidazole rings is 1. The van der Waals surface area contributed by atoms with Gasteiger partial charge in [0.05, 0.1) is 12.0 Å². The fourth-order valence-corrected chi connectivity index (χ4v) is 1.98. The van der Waals surface area contributed by atoms with Crippen LogP contribution in [0.5, 0.6) is 0 Å². The zero-order valence-corrected chi connectivity index (χ0v) is 10.4. The summed E-state index contributed by atoms with van der Waals surface area (Å²) in [5.74, 6) is 0. The molecule has 0 saturated carbocycles. The highest BCUT2D eigenvalue weighted by Crippen LogP contribution is 2.19. The molecule has 4 nitrogen and oxygen atoms in total. The first-order chi connectivity index (χ1) is 9.31. The van der Waals surface area contributed by atoms with Gasteiger partial charge in [-0.15, -0.1) is 0 Å². The number of pyridine rings is 1. The molecule has 0 radical (unpaired) electrons. The van der Waals surface area contributed by atoms with Crippen molar-refractivity contribution in [1.82, 2.24) is 14.5 Å². The predicted octanol–water partition coefficient (Wildman–Crippen LogP) is 2.58. The van der Waals surface area contributed by atoms with Crippen LogP contribution in [0.2, 0.25) is 0 Å². The van der Waals surface area contributed by atoms with E-state index in [2.05, 4.69) is 16.0 Å². The van der Waals surface area contributed by atoms with Gasteiger partial charge in [0, 0.05) is 36.4 Å². The third-order valence-corrected chi connectivity index (χ3v) is 2.93. The van der Waals surface area contributed by atoms with Crippen molar-refractivity contribution in [2.24, 2.45) is 0 Å². The van der Waals surface area contributed by atoms with Crippen LogP contribution in [-0.2, 0) is 6.54 Å². The van der Waals surface area contributed by atoms with Gasteiger partial charge in [-0.1, -0.05) is 18.2 Å². The Morgan fingerprint density at radius 1 is 1.16 bits per heavy atom. The second kappa shape index (κ2) is 4.94. The lowest BCUT2D eigenvalue weighted by molar-refractivity contribution is 0.793. The van der Waals surface area contributed by atoms with Crippen LogP contribution in [0.1, 0.15) is 5.56 Å². The second-order valence-electron chi connectivity index (χ2n) is 4.41. The zero-order valence-electron chi connectivity index (χ0n) is 10.4. The Morgan fingerprint density at radius 3 is 2.79 bits per heavy atom. The van der Waals surface area contributed by atoms with E-state index in [1.54, 1.807) is 12.5 Å². The van der Waals surface area contributed by atoms with E-state index in [0.717, 1.165) is 29.1 Å². The first-order valence-corrected chi connectivity index (χ1v) is 6.08. The molecule has 19 heavy (non-hydrogen) atoms. The monoisotopic (exact) mass is 250 g/mol. The molecule has 0 unspecified atom stereocenters. The van der Waals surface area contributed by atoms with Gasteiger partial charge in [0.25, 0.3) is 0 Å². The minimum atomic E-state index is 0.752.